The van der Waals surface area contributed by atoms with Gasteiger partial charge in [0.05, 0.1) is 31.3 Å². The molecule has 6 heteroatoms. The van der Waals surface area contributed by atoms with Crippen LogP contribution in [0.25, 0.3) is 0 Å². The molecule has 2 fully saturated rings. The van der Waals surface area contributed by atoms with Gasteiger partial charge in [-0.1, -0.05) is 59.3 Å². The van der Waals surface area contributed by atoms with Crippen molar-refractivity contribution in [1.29, 1.82) is 0 Å². The van der Waals surface area contributed by atoms with Gasteiger partial charge in [-0.15, -0.1) is 11.6 Å². The summed E-state index contributed by atoms with van der Waals surface area (Å²) in [6.07, 6.45) is 14.9. The Hall–Kier alpha value is -0.360. The Morgan fingerprint density at radius 2 is 1.85 bits per heavy atom. The monoisotopic (exact) mass is 502 g/mol. The fourth-order valence-corrected chi connectivity index (χ4v) is 5.85. The summed E-state index contributed by atoms with van der Waals surface area (Å²) in [6, 6.07) is 0. The molecule has 6 atom stereocenters. The van der Waals surface area contributed by atoms with Gasteiger partial charge in [0.15, 0.2) is 5.79 Å². The van der Waals surface area contributed by atoms with Crippen LogP contribution < -0.4 is 0 Å². The van der Waals surface area contributed by atoms with Crippen LogP contribution in [-0.2, 0) is 19.0 Å². The van der Waals surface area contributed by atoms with Gasteiger partial charge < -0.3 is 19.3 Å². The molecule has 1 saturated carbocycles. The molecular weight excluding hydrogens is 452 g/mol. The third kappa shape index (κ3) is 9.59. The predicted molar refractivity (Wildman–Crippen MR) is 138 cm³/mol. The number of hydrogen-bond donors (Lipinski definition) is 1. The molecular formula is C28H51ClO5. The number of hydrogen-bond acceptors (Lipinski definition) is 5. The number of alkyl halides is 1. The van der Waals surface area contributed by atoms with Gasteiger partial charge in [-0.2, -0.15) is 0 Å². The normalized spacial score (nSPS) is 28.4. The summed E-state index contributed by atoms with van der Waals surface area (Å²) in [5.41, 5.74) is 0. The zero-order valence-corrected chi connectivity index (χ0v) is 22.8. The molecule has 0 amide bonds. The molecule has 1 N–H and O–H groups in total. The number of aliphatic hydroxyl groups is 1. The predicted octanol–water partition coefficient (Wildman–Crippen LogP) is 7.01. The van der Waals surface area contributed by atoms with Crippen molar-refractivity contribution in [3.8, 4) is 0 Å². The summed E-state index contributed by atoms with van der Waals surface area (Å²) in [5, 5.41) is 10.7. The molecule has 0 aromatic heterocycles. The van der Waals surface area contributed by atoms with Crippen LogP contribution in [0.15, 0.2) is 0 Å². The Labute approximate surface area is 213 Å². The van der Waals surface area contributed by atoms with Crippen molar-refractivity contribution in [1.82, 2.24) is 0 Å². The van der Waals surface area contributed by atoms with Crippen LogP contribution in [0.3, 0.4) is 0 Å². The molecule has 1 heterocycles. The Morgan fingerprint density at radius 1 is 1.09 bits per heavy atom. The minimum Gasteiger partial charge on any atom is -0.466 e. The molecule has 5 nitrogen and oxygen atoms in total. The summed E-state index contributed by atoms with van der Waals surface area (Å²) in [5.74, 6) is 1.18. The lowest BCUT2D eigenvalue weighted by Gasteiger charge is -2.33. The van der Waals surface area contributed by atoms with Crippen molar-refractivity contribution in [2.75, 3.05) is 19.1 Å². The zero-order chi connectivity index (χ0) is 24.8. The third-order valence-corrected chi connectivity index (χ3v) is 8.30. The van der Waals surface area contributed by atoms with Crippen molar-refractivity contribution < 1.29 is 24.1 Å². The molecule has 1 spiro atoms. The van der Waals surface area contributed by atoms with E-state index in [9.17, 15) is 9.90 Å². The first-order chi connectivity index (χ1) is 16.5. The first kappa shape index (κ1) is 29.9. The molecule has 1 aliphatic carbocycles. The zero-order valence-electron chi connectivity index (χ0n) is 22.1. The molecule has 1 aliphatic heterocycles. The maximum Gasteiger partial charge on any atom is 0.305 e. The van der Waals surface area contributed by atoms with Crippen LogP contribution in [0.4, 0.5) is 0 Å². The van der Waals surface area contributed by atoms with Crippen molar-refractivity contribution in [2.24, 2.45) is 17.8 Å². The third-order valence-electron chi connectivity index (χ3n) is 7.96. The summed E-state index contributed by atoms with van der Waals surface area (Å²) in [6.45, 7) is 7.62. The average Bonchev–Trinajstić information content (AvgIpc) is 3.41. The molecule has 2 rings (SSSR count). The first-order valence-electron chi connectivity index (χ1n) is 14.2. The molecule has 200 valence electrons. The maximum atomic E-state index is 11.8. The Bertz CT molecular complexity index is 559. The van der Waals surface area contributed by atoms with Crippen molar-refractivity contribution >= 4 is 17.6 Å². The van der Waals surface area contributed by atoms with Gasteiger partial charge in [-0.05, 0) is 56.8 Å². The summed E-state index contributed by atoms with van der Waals surface area (Å²) < 4.78 is 17.9. The highest BCUT2D eigenvalue weighted by atomic mass is 35.5. The lowest BCUT2D eigenvalue weighted by Crippen LogP contribution is -2.38. The average molecular weight is 503 g/mol. The molecule has 1 saturated heterocycles. The van der Waals surface area contributed by atoms with Crippen LogP contribution in [0, 0.1) is 17.8 Å². The van der Waals surface area contributed by atoms with E-state index in [4.69, 9.17) is 25.8 Å². The quantitative estimate of drug-likeness (QED) is 0.124. The lowest BCUT2D eigenvalue weighted by molar-refractivity contribution is -0.196. The van der Waals surface area contributed by atoms with E-state index in [0.29, 0.717) is 43.3 Å². The van der Waals surface area contributed by atoms with E-state index in [1.54, 1.807) is 0 Å². The van der Waals surface area contributed by atoms with E-state index < -0.39 is 5.79 Å². The lowest BCUT2D eigenvalue weighted by atomic mass is 9.83. The highest BCUT2D eigenvalue weighted by Gasteiger charge is 2.54. The van der Waals surface area contributed by atoms with E-state index in [0.717, 1.165) is 77.0 Å². The summed E-state index contributed by atoms with van der Waals surface area (Å²) >= 11 is 6.08. The van der Waals surface area contributed by atoms with Crippen LogP contribution in [0.5, 0.6) is 0 Å². The number of halogens is 1. The van der Waals surface area contributed by atoms with Crippen molar-refractivity contribution in [2.45, 2.75) is 135 Å². The molecule has 2 unspecified atom stereocenters. The topological polar surface area (TPSA) is 65.0 Å². The standard InChI is InChI=1S/C28H51ClO5/c1-4-6-12-22(3)26(30)16-15-23-17-18-28(33-21-24(20-29)34-28)25(23)13-10-8-9-11-14-27(31)32-19-7-5-2/h22-26,30H,4-21H2,1-3H3/t22-,23+,24?,25-,26+,28?/m1/s1. The van der Waals surface area contributed by atoms with Crippen LogP contribution in [0.1, 0.15) is 117 Å². The largest absolute Gasteiger partial charge is 0.466 e. The fourth-order valence-electron chi connectivity index (χ4n) is 5.70. The maximum absolute atomic E-state index is 11.8. The van der Waals surface area contributed by atoms with E-state index in [-0.39, 0.29) is 18.2 Å². The molecule has 0 aromatic carbocycles. The number of rotatable bonds is 18. The minimum absolute atomic E-state index is 0.0127. The van der Waals surface area contributed by atoms with Gasteiger partial charge in [0.25, 0.3) is 0 Å². The second-order valence-corrected chi connectivity index (χ2v) is 11.0. The highest BCUT2D eigenvalue weighted by Crippen LogP contribution is 2.51. The number of aliphatic hydroxyl groups excluding tert-OH is 1. The number of esters is 1. The molecule has 0 bridgehead atoms. The smallest absolute Gasteiger partial charge is 0.305 e. The van der Waals surface area contributed by atoms with Crippen LogP contribution in [0.2, 0.25) is 0 Å². The minimum atomic E-state index is -0.480. The van der Waals surface area contributed by atoms with Crippen LogP contribution in [-0.4, -0.2) is 48.2 Å². The van der Waals surface area contributed by atoms with E-state index in [1.807, 2.05) is 0 Å². The summed E-state index contributed by atoms with van der Waals surface area (Å²) in [4.78, 5) is 11.8. The van der Waals surface area contributed by atoms with E-state index >= 15 is 0 Å². The first-order valence-corrected chi connectivity index (χ1v) is 14.7. The Morgan fingerprint density at radius 3 is 2.56 bits per heavy atom. The fraction of sp³-hybridized carbons (Fsp3) is 0.964. The van der Waals surface area contributed by atoms with Crippen LogP contribution >= 0.6 is 11.6 Å². The van der Waals surface area contributed by atoms with Gasteiger partial charge in [0.2, 0.25) is 0 Å². The highest BCUT2D eigenvalue weighted by molar-refractivity contribution is 6.18. The number of carbonyl (C=O) groups excluding carboxylic acids is 1. The second kappa shape index (κ2) is 16.4. The number of carbonyl (C=O) groups is 1. The second-order valence-electron chi connectivity index (χ2n) is 10.7. The van der Waals surface area contributed by atoms with Gasteiger partial charge in [0.1, 0.15) is 0 Å². The molecule has 34 heavy (non-hydrogen) atoms. The van der Waals surface area contributed by atoms with Crippen molar-refractivity contribution in [3.63, 3.8) is 0 Å². The SMILES string of the molecule is CCCCOC(=O)CCCCCC[C@@H]1[C@@H](CC[C@H](O)[C@H](C)CCCC)CCC12OCC(CCl)O2. The summed E-state index contributed by atoms with van der Waals surface area (Å²) in [7, 11) is 0. The molecule has 0 aromatic rings. The van der Waals surface area contributed by atoms with Gasteiger partial charge in [-0.25, -0.2) is 0 Å². The Balaban J connectivity index is 1.79. The molecule has 2 aliphatic rings. The molecule has 0 radical (unpaired) electrons. The number of unbranched alkanes of at least 4 members (excludes halogenated alkanes) is 5. The van der Waals surface area contributed by atoms with Gasteiger partial charge >= 0.3 is 5.97 Å². The van der Waals surface area contributed by atoms with Gasteiger partial charge in [-0.3, -0.25) is 4.79 Å². The van der Waals surface area contributed by atoms with E-state index in [1.165, 1.54) is 12.8 Å². The van der Waals surface area contributed by atoms with Gasteiger partial charge in [0, 0.05) is 18.8 Å². The number of ether oxygens (including phenoxy) is 3. The van der Waals surface area contributed by atoms with E-state index in [2.05, 4.69) is 20.8 Å². The Kier molecular flexibility index (Phi) is 14.4. The van der Waals surface area contributed by atoms with Crippen molar-refractivity contribution in [3.05, 3.63) is 0 Å².